The van der Waals surface area contributed by atoms with Gasteiger partial charge in [-0.3, -0.25) is 20.2 Å². The molecule has 1 atom stereocenters. The fourth-order valence-electron chi connectivity index (χ4n) is 3.01. The number of nitrogens with zero attached hydrogens (tertiary/aromatic N) is 1. The zero-order valence-electron chi connectivity index (χ0n) is 16.1. The molecule has 1 aliphatic heterocycles. The predicted octanol–water partition coefficient (Wildman–Crippen LogP) is 2.61. The van der Waals surface area contributed by atoms with Gasteiger partial charge in [-0.2, -0.15) is 0 Å². The molecule has 2 aromatic carbocycles. The van der Waals surface area contributed by atoms with Crippen LogP contribution >= 0.6 is 0 Å². The molecule has 7 heteroatoms. The van der Waals surface area contributed by atoms with Crippen molar-refractivity contribution in [2.24, 2.45) is 4.99 Å². The molecule has 0 saturated heterocycles. The van der Waals surface area contributed by atoms with E-state index in [1.807, 2.05) is 19.1 Å². The standard InChI is InChI=1S/C21H23N3O4/c1-4-13-5-7-14(8-6-13)20(26)24-21-22-17(12-19(25)23-21)16-11-15(27-2)9-10-18(16)28-3/h5-11,17H,4,12H2,1-3H3,(H2,22,23,24,25,26). The molecule has 2 aromatic rings. The number of carbonyl (C=O) groups is 2. The minimum absolute atomic E-state index is 0.121. The highest BCUT2D eigenvalue weighted by Crippen LogP contribution is 2.34. The highest BCUT2D eigenvalue weighted by atomic mass is 16.5. The van der Waals surface area contributed by atoms with Crippen molar-refractivity contribution in [3.63, 3.8) is 0 Å². The Labute approximate surface area is 163 Å². The van der Waals surface area contributed by atoms with Gasteiger partial charge in [0.25, 0.3) is 5.91 Å². The first-order valence-electron chi connectivity index (χ1n) is 9.04. The van der Waals surface area contributed by atoms with Gasteiger partial charge in [-0.05, 0) is 42.3 Å². The van der Waals surface area contributed by atoms with Crippen LogP contribution in [0.3, 0.4) is 0 Å². The normalized spacial score (nSPS) is 16.0. The van der Waals surface area contributed by atoms with E-state index in [-0.39, 0.29) is 24.2 Å². The molecule has 3 rings (SSSR count). The molecule has 0 saturated carbocycles. The van der Waals surface area contributed by atoms with Gasteiger partial charge in [0, 0.05) is 11.1 Å². The van der Waals surface area contributed by atoms with Gasteiger partial charge in [0.15, 0.2) is 0 Å². The molecule has 0 aromatic heterocycles. The first kappa shape index (κ1) is 19.4. The number of hydrogen-bond acceptors (Lipinski definition) is 5. The summed E-state index contributed by atoms with van der Waals surface area (Å²) in [6.07, 6.45) is 1.04. The molecule has 0 spiro atoms. The topological polar surface area (TPSA) is 89.0 Å². The highest BCUT2D eigenvalue weighted by molar-refractivity contribution is 6.10. The van der Waals surface area contributed by atoms with Gasteiger partial charge in [-0.15, -0.1) is 0 Å². The molecule has 2 amide bonds. The summed E-state index contributed by atoms with van der Waals surface area (Å²) in [5.41, 5.74) is 2.36. The van der Waals surface area contributed by atoms with E-state index in [1.165, 1.54) is 0 Å². The Hall–Kier alpha value is -3.35. The molecule has 1 unspecified atom stereocenters. The van der Waals surface area contributed by atoms with E-state index in [9.17, 15) is 9.59 Å². The molecule has 0 bridgehead atoms. The average molecular weight is 381 g/mol. The summed E-state index contributed by atoms with van der Waals surface area (Å²) in [7, 11) is 3.12. The largest absolute Gasteiger partial charge is 0.497 e. The number of aliphatic imine (C=N–C) groups is 1. The lowest BCUT2D eigenvalue weighted by molar-refractivity contribution is -0.120. The summed E-state index contributed by atoms with van der Waals surface area (Å²) in [6.45, 7) is 2.05. The maximum Gasteiger partial charge on any atom is 0.257 e. The van der Waals surface area contributed by atoms with Crippen molar-refractivity contribution in [1.82, 2.24) is 10.6 Å². The van der Waals surface area contributed by atoms with Gasteiger partial charge in [0.2, 0.25) is 11.9 Å². The fraction of sp³-hybridized carbons (Fsp3) is 0.286. The quantitative estimate of drug-likeness (QED) is 0.833. The maximum absolute atomic E-state index is 12.5. The van der Waals surface area contributed by atoms with Crippen molar-refractivity contribution in [3.8, 4) is 11.5 Å². The number of nitrogens with one attached hydrogen (secondary N) is 2. The average Bonchev–Trinajstić information content (AvgIpc) is 2.72. The van der Waals surface area contributed by atoms with Crippen LogP contribution in [0, 0.1) is 0 Å². The smallest absolute Gasteiger partial charge is 0.257 e. The summed E-state index contributed by atoms with van der Waals surface area (Å²) in [6, 6.07) is 12.1. The summed E-state index contributed by atoms with van der Waals surface area (Å²) in [5, 5.41) is 5.29. The Kier molecular flexibility index (Phi) is 5.93. The van der Waals surface area contributed by atoms with E-state index < -0.39 is 6.04 Å². The molecule has 28 heavy (non-hydrogen) atoms. The van der Waals surface area contributed by atoms with Crippen LogP contribution in [0.15, 0.2) is 47.5 Å². The minimum atomic E-state index is -0.489. The second kappa shape index (κ2) is 8.56. The zero-order chi connectivity index (χ0) is 20.1. The SMILES string of the molecule is CCc1ccc(C(=O)NC2=NC(c3cc(OC)ccc3OC)CC(=O)N2)cc1. The lowest BCUT2D eigenvalue weighted by Crippen LogP contribution is -2.47. The molecular formula is C21H23N3O4. The number of guanidine groups is 1. The monoisotopic (exact) mass is 381 g/mol. The van der Waals surface area contributed by atoms with Crippen molar-refractivity contribution in [3.05, 3.63) is 59.2 Å². The van der Waals surface area contributed by atoms with Crippen LogP contribution in [-0.2, 0) is 11.2 Å². The van der Waals surface area contributed by atoms with Gasteiger partial charge in [-0.1, -0.05) is 19.1 Å². The molecule has 0 radical (unpaired) electrons. The second-order valence-electron chi connectivity index (χ2n) is 6.36. The molecule has 0 aliphatic carbocycles. The van der Waals surface area contributed by atoms with Crippen molar-refractivity contribution in [1.29, 1.82) is 0 Å². The number of aryl methyl sites for hydroxylation is 1. The Morgan fingerprint density at radius 3 is 2.57 bits per heavy atom. The maximum atomic E-state index is 12.5. The van der Waals surface area contributed by atoms with Crippen LogP contribution in [0.1, 0.15) is 40.9 Å². The first-order chi connectivity index (χ1) is 13.5. The highest BCUT2D eigenvalue weighted by Gasteiger charge is 2.26. The number of amides is 2. The van der Waals surface area contributed by atoms with E-state index in [0.717, 1.165) is 17.5 Å². The van der Waals surface area contributed by atoms with Crippen LogP contribution in [0.25, 0.3) is 0 Å². The summed E-state index contributed by atoms with van der Waals surface area (Å²) in [4.78, 5) is 29.2. The third-order valence-corrected chi connectivity index (χ3v) is 4.57. The third kappa shape index (κ3) is 4.31. The number of ether oxygens (including phenoxy) is 2. The number of rotatable bonds is 5. The lowest BCUT2D eigenvalue weighted by atomic mass is 10.0. The van der Waals surface area contributed by atoms with E-state index in [1.54, 1.807) is 44.6 Å². The molecule has 146 valence electrons. The number of carbonyl (C=O) groups excluding carboxylic acids is 2. The summed E-state index contributed by atoms with van der Waals surface area (Å²) >= 11 is 0. The molecule has 1 aliphatic rings. The Bertz CT molecular complexity index is 906. The molecular weight excluding hydrogens is 358 g/mol. The van der Waals surface area contributed by atoms with Gasteiger partial charge in [-0.25, -0.2) is 4.99 Å². The van der Waals surface area contributed by atoms with Crippen LogP contribution in [0.2, 0.25) is 0 Å². The van der Waals surface area contributed by atoms with E-state index in [0.29, 0.717) is 17.1 Å². The number of hydrogen-bond donors (Lipinski definition) is 2. The predicted molar refractivity (Wildman–Crippen MR) is 106 cm³/mol. The Morgan fingerprint density at radius 2 is 1.93 bits per heavy atom. The second-order valence-corrected chi connectivity index (χ2v) is 6.36. The van der Waals surface area contributed by atoms with Crippen LogP contribution in [0.5, 0.6) is 11.5 Å². The van der Waals surface area contributed by atoms with Crippen LogP contribution in [-0.4, -0.2) is 32.0 Å². The van der Waals surface area contributed by atoms with Crippen molar-refractivity contribution in [2.75, 3.05) is 14.2 Å². The Morgan fingerprint density at radius 1 is 1.18 bits per heavy atom. The first-order valence-corrected chi connectivity index (χ1v) is 9.04. The van der Waals surface area contributed by atoms with E-state index >= 15 is 0 Å². The number of methoxy groups -OCH3 is 2. The van der Waals surface area contributed by atoms with Crippen molar-refractivity contribution >= 4 is 17.8 Å². The lowest BCUT2D eigenvalue weighted by Gasteiger charge is -2.23. The van der Waals surface area contributed by atoms with E-state index in [2.05, 4.69) is 15.6 Å². The van der Waals surface area contributed by atoms with Crippen LogP contribution < -0.4 is 20.1 Å². The molecule has 7 nitrogen and oxygen atoms in total. The molecule has 1 heterocycles. The summed E-state index contributed by atoms with van der Waals surface area (Å²) < 4.78 is 10.7. The van der Waals surface area contributed by atoms with Gasteiger partial charge in [0.05, 0.1) is 26.7 Å². The minimum Gasteiger partial charge on any atom is -0.497 e. The summed E-state index contributed by atoms with van der Waals surface area (Å²) in [5.74, 6) is 0.792. The van der Waals surface area contributed by atoms with Gasteiger partial charge < -0.3 is 9.47 Å². The van der Waals surface area contributed by atoms with Crippen LogP contribution in [0.4, 0.5) is 0 Å². The van der Waals surface area contributed by atoms with Gasteiger partial charge in [0.1, 0.15) is 11.5 Å². The fourth-order valence-corrected chi connectivity index (χ4v) is 3.01. The molecule has 0 fully saturated rings. The number of benzene rings is 2. The van der Waals surface area contributed by atoms with Gasteiger partial charge >= 0.3 is 0 Å². The van der Waals surface area contributed by atoms with E-state index in [4.69, 9.17) is 9.47 Å². The zero-order valence-corrected chi connectivity index (χ0v) is 16.1. The molecule has 2 N–H and O–H groups in total. The Balaban J connectivity index is 1.84. The van der Waals surface area contributed by atoms with Crippen molar-refractivity contribution in [2.45, 2.75) is 25.8 Å². The third-order valence-electron chi connectivity index (χ3n) is 4.57. The van der Waals surface area contributed by atoms with Crippen molar-refractivity contribution < 1.29 is 19.1 Å².